The minimum absolute atomic E-state index is 0.132. The molecule has 0 aliphatic carbocycles. The second kappa shape index (κ2) is 10.5. The van der Waals surface area contributed by atoms with Crippen molar-refractivity contribution < 1.29 is 33.5 Å². The average Bonchev–Trinajstić information content (AvgIpc) is 3.13. The molecule has 2 aromatic rings. The third kappa shape index (κ3) is 5.58. The number of rotatable bonds is 7. The maximum Gasteiger partial charge on any atom is 0.294 e. The zero-order valence-corrected chi connectivity index (χ0v) is 19.4. The molecule has 2 fully saturated rings. The smallest absolute Gasteiger partial charge is 0.294 e. The SMILES string of the molecule is COc1cc(/C=C2/SC(=O)N(CC(=O)N3CCOCC3)C2=O)ccc1Oc1ccc([N+](=O)[O-])cn1. The summed E-state index contributed by atoms with van der Waals surface area (Å²) in [5.74, 6) is -0.0978. The van der Waals surface area contributed by atoms with Gasteiger partial charge in [-0.05, 0) is 35.5 Å². The van der Waals surface area contributed by atoms with E-state index in [0.717, 1.165) is 22.9 Å². The number of morpholine rings is 1. The first-order valence-electron chi connectivity index (χ1n) is 10.4. The van der Waals surface area contributed by atoms with Crippen LogP contribution in [0.1, 0.15) is 5.56 Å². The first kappa shape index (κ1) is 24.2. The lowest BCUT2D eigenvalue weighted by atomic mass is 10.2. The summed E-state index contributed by atoms with van der Waals surface area (Å²) in [5.41, 5.74) is 0.399. The van der Waals surface area contributed by atoms with Crippen LogP contribution in [0.25, 0.3) is 6.08 Å². The number of benzene rings is 1. The standard InChI is InChI=1S/C22H20N4O8S/c1-32-17-10-14(2-4-16(17)34-19-5-3-15(12-23-19)26(30)31)11-18-21(28)25(22(29)35-18)13-20(27)24-6-8-33-9-7-24/h2-5,10-12H,6-9,13H2,1H3/b18-11+. The van der Waals surface area contributed by atoms with Crippen molar-refractivity contribution in [1.29, 1.82) is 0 Å². The van der Waals surface area contributed by atoms with Crippen LogP contribution in [-0.2, 0) is 14.3 Å². The number of hydrogen-bond donors (Lipinski definition) is 0. The molecule has 0 saturated carbocycles. The number of ether oxygens (including phenoxy) is 3. The van der Waals surface area contributed by atoms with Gasteiger partial charge in [-0.15, -0.1) is 0 Å². The Bertz CT molecular complexity index is 1190. The molecule has 2 aliphatic heterocycles. The van der Waals surface area contributed by atoms with Crippen molar-refractivity contribution in [3.05, 3.63) is 57.1 Å². The Labute approximate surface area is 203 Å². The van der Waals surface area contributed by atoms with E-state index in [1.165, 1.54) is 25.3 Å². The molecule has 2 aliphatic rings. The summed E-state index contributed by atoms with van der Waals surface area (Å²) in [6.07, 6.45) is 2.61. The third-order valence-corrected chi connectivity index (χ3v) is 6.07. The number of imide groups is 1. The van der Waals surface area contributed by atoms with E-state index in [-0.39, 0.29) is 28.9 Å². The number of methoxy groups -OCH3 is 1. The molecular weight excluding hydrogens is 480 g/mol. The van der Waals surface area contributed by atoms with Crippen molar-refractivity contribution in [3.63, 3.8) is 0 Å². The lowest BCUT2D eigenvalue weighted by Gasteiger charge is -2.28. The number of pyridine rings is 1. The summed E-state index contributed by atoms with van der Waals surface area (Å²) in [6, 6.07) is 7.46. The van der Waals surface area contributed by atoms with Gasteiger partial charge in [0, 0.05) is 25.2 Å². The number of thioether (sulfide) groups is 1. The third-order valence-electron chi connectivity index (χ3n) is 5.16. The van der Waals surface area contributed by atoms with Gasteiger partial charge in [-0.25, -0.2) is 4.98 Å². The lowest BCUT2D eigenvalue weighted by Crippen LogP contribution is -2.46. The molecule has 3 heterocycles. The Morgan fingerprint density at radius 1 is 1.23 bits per heavy atom. The Morgan fingerprint density at radius 2 is 2.00 bits per heavy atom. The molecule has 12 nitrogen and oxygen atoms in total. The Balaban J connectivity index is 1.46. The van der Waals surface area contributed by atoms with E-state index >= 15 is 0 Å². The largest absolute Gasteiger partial charge is 0.493 e. The van der Waals surface area contributed by atoms with E-state index in [1.807, 2.05) is 0 Å². The van der Waals surface area contributed by atoms with Crippen LogP contribution in [0.4, 0.5) is 10.5 Å². The van der Waals surface area contributed by atoms with Crippen molar-refractivity contribution in [3.8, 4) is 17.4 Å². The van der Waals surface area contributed by atoms with Crippen molar-refractivity contribution in [2.24, 2.45) is 0 Å². The van der Waals surface area contributed by atoms with E-state index < -0.39 is 16.1 Å². The van der Waals surface area contributed by atoms with Crippen LogP contribution in [0.2, 0.25) is 0 Å². The molecule has 3 amide bonds. The highest BCUT2D eigenvalue weighted by atomic mass is 32.2. The van der Waals surface area contributed by atoms with Crippen LogP contribution in [0, 0.1) is 10.1 Å². The molecule has 1 aromatic heterocycles. The highest BCUT2D eigenvalue weighted by Gasteiger charge is 2.37. The number of nitro groups is 1. The highest BCUT2D eigenvalue weighted by Crippen LogP contribution is 2.36. The van der Waals surface area contributed by atoms with E-state index in [9.17, 15) is 24.5 Å². The number of carbonyl (C=O) groups is 3. The van der Waals surface area contributed by atoms with Crippen LogP contribution in [-0.4, -0.2) is 76.7 Å². The number of amides is 3. The quantitative estimate of drug-likeness (QED) is 0.316. The molecule has 0 unspecified atom stereocenters. The molecule has 1 aromatic carbocycles. The van der Waals surface area contributed by atoms with Crippen molar-refractivity contribution in [1.82, 2.24) is 14.8 Å². The summed E-state index contributed by atoms with van der Waals surface area (Å²) >= 11 is 0.755. The summed E-state index contributed by atoms with van der Waals surface area (Å²) in [4.78, 5) is 54.4. The fourth-order valence-corrected chi connectivity index (χ4v) is 4.19. The number of aromatic nitrogens is 1. The zero-order chi connectivity index (χ0) is 24.9. The van der Waals surface area contributed by atoms with Crippen LogP contribution < -0.4 is 9.47 Å². The molecule has 0 N–H and O–H groups in total. The van der Waals surface area contributed by atoms with Crippen molar-refractivity contribution in [2.45, 2.75) is 0 Å². The van der Waals surface area contributed by atoms with Gasteiger partial charge in [0.2, 0.25) is 11.8 Å². The molecule has 0 radical (unpaired) electrons. The van der Waals surface area contributed by atoms with Crippen molar-refractivity contribution >= 4 is 40.6 Å². The lowest BCUT2D eigenvalue weighted by molar-refractivity contribution is -0.385. The predicted octanol–water partition coefficient (Wildman–Crippen LogP) is 2.69. The minimum atomic E-state index is -0.563. The number of hydrogen-bond acceptors (Lipinski definition) is 10. The Morgan fingerprint density at radius 3 is 2.66 bits per heavy atom. The minimum Gasteiger partial charge on any atom is -0.493 e. The van der Waals surface area contributed by atoms with Gasteiger partial charge in [0.25, 0.3) is 16.8 Å². The highest BCUT2D eigenvalue weighted by molar-refractivity contribution is 8.18. The first-order valence-corrected chi connectivity index (χ1v) is 11.2. The van der Waals surface area contributed by atoms with Gasteiger partial charge in [0.05, 0.1) is 30.2 Å². The molecule has 0 atom stereocenters. The maximum absolute atomic E-state index is 12.8. The fourth-order valence-electron chi connectivity index (χ4n) is 3.35. The van der Waals surface area contributed by atoms with Gasteiger partial charge in [-0.2, -0.15) is 0 Å². The summed E-state index contributed by atoms with van der Waals surface area (Å²) in [7, 11) is 1.43. The van der Waals surface area contributed by atoms with Crippen molar-refractivity contribution in [2.75, 3.05) is 40.0 Å². The van der Waals surface area contributed by atoms with Gasteiger partial charge in [-0.3, -0.25) is 29.4 Å². The Kier molecular flexibility index (Phi) is 7.27. The van der Waals surface area contributed by atoms with Gasteiger partial charge in [0.15, 0.2) is 11.5 Å². The molecule has 0 bridgehead atoms. The monoisotopic (exact) mass is 500 g/mol. The Hall–Kier alpha value is -3.97. The second-order valence-corrected chi connectivity index (χ2v) is 8.38. The van der Waals surface area contributed by atoms with Gasteiger partial charge >= 0.3 is 0 Å². The van der Waals surface area contributed by atoms with E-state index in [0.29, 0.717) is 43.4 Å². The van der Waals surface area contributed by atoms with E-state index in [1.54, 1.807) is 23.1 Å². The van der Waals surface area contributed by atoms with E-state index in [2.05, 4.69) is 4.98 Å². The average molecular weight is 500 g/mol. The number of carbonyl (C=O) groups excluding carboxylic acids is 3. The van der Waals surface area contributed by atoms with Gasteiger partial charge in [0.1, 0.15) is 12.7 Å². The fraction of sp³-hybridized carbons (Fsp3) is 0.273. The molecular formula is C22H20N4O8S. The molecule has 4 rings (SSSR count). The van der Waals surface area contributed by atoms with Crippen LogP contribution in [0.15, 0.2) is 41.4 Å². The second-order valence-electron chi connectivity index (χ2n) is 7.39. The first-order chi connectivity index (χ1) is 16.9. The van der Waals surface area contributed by atoms with Gasteiger partial charge < -0.3 is 19.1 Å². The summed E-state index contributed by atoms with van der Waals surface area (Å²) in [6.45, 7) is 1.38. The summed E-state index contributed by atoms with van der Waals surface area (Å²) < 4.78 is 16.2. The van der Waals surface area contributed by atoms with E-state index in [4.69, 9.17) is 14.2 Å². The molecule has 35 heavy (non-hydrogen) atoms. The van der Waals surface area contributed by atoms with Crippen LogP contribution >= 0.6 is 11.8 Å². The normalized spacial score (nSPS) is 17.1. The molecule has 13 heteroatoms. The summed E-state index contributed by atoms with van der Waals surface area (Å²) in [5, 5.41) is 10.3. The topological polar surface area (TPSA) is 141 Å². The van der Waals surface area contributed by atoms with Crippen LogP contribution in [0.5, 0.6) is 17.4 Å². The molecule has 2 saturated heterocycles. The number of nitrogens with zero attached hydrogens (tertiary/aromatic N) is 4. The maximum atomic E-state index is 12.8. The predicted molar refractivity (Wildman–Crippen MR) is 124 cm³/mol. The zero-order valence-electron chi connectivity index (χ0n) is 18.5. The molecule has 0 spiro atoms. The molecule has 182 valence electrons. The van der Waals surface area contributed by atoms with Gasteiger partial charge in [-0.1, -0.05) is 6.07 Å². The van der Waals surface area contributed by atoms with Crippen LogP contribution in [0.3, 0.4) is 0 Å².